The molecular formula is C26H11F4N3O3. The Morgan fingerprint density at radius 1 is 0.722 bits per heavy atom. The zero-order valence-electron chi connectivity index (χ0n) is 17.9. The number of oxazole rings is 1. The Hall–Kier alpha value is -4.86. The van der Waals surface area contributed by atoms with Gasteiger partial charge in [-0.3, -0.25) is 14.2 Å². The predicted octanol–water partition coefficient (Wildman–Crippen LogP) is 5.70. The van der Waals surface area contributed by atoms with Crippen LogP contribution in [0.5, 0.6) is 0 Å². The van der Waals surface area contributed by atoms with Crippen molar-refractivity contribution in [1.29, 1.82) is 0 Å². The molecule has 0 atom stereocenters. The molecule has 0 bridgehead atoms. The second-order valence-electron chi connectivity index (χ2n) is 7.88. The number of para-hydroxylation sites is 1. The first kappa shape index (κ1) is 21.7. The van der Waals surface area contributed by atoms with Gasteiger partial charge in [-0.1, -0.05) is 36.4 Å². The van der Waals surface area contributed by atoms with Gasteiger partial charge in [0, 0.05) is 11.3 Å². The fourth-order valence-electron chi connectivity index (χ4n) is 4.11. The Balaban J connectivity index is 1.56. The SMILES string of the molecule is O=C1C(=Cc2nc3oc(-c4ccccc4)nc3n2-c2ccccc2)C(=O)c2c(F)c(F)c(F)c(F)c21. The van der Waals surface area contributed by atoms with E-state index in [0.717, 1.165) is 6.08 Å². The highest BCUT2D eigenvalue weighted by molar-refractivity contribution is 6.41. The highest BCUT2D eigenvalue weighted by atomic mass is 19.2. The van der Waals surface area contributed by atoms with E-state index in [9.17, 15) is 27.2 Å². The van der Waals surface area contributed by atoms with Gasteiger partial charge in [-0.05, 0) is 30.3 Å². The molecule has 1 aliphatic carbocycles. The van der Waals surface area contributed by atoms with Crippen LogP contribution in [0.1, 0.15) is 26.5 Å². The van der Waals surface area contributed by atoms with Crippen molar-refractivity contribution < 1.29 is 31.6 Å². The number of hydrogen-bond acceptors (Lipinski definition) is 5. The van der Waals surface area contributed by atoms with Crippen molar-refractivity contribution in [1.82, 2.24) is 14.5 Å². The highest BCUT2D eigenvalue weighted by Gasteiger charge is 2.42. The number of rotatable bonds is 3. The Labute approximate surface area is 199 Å². The topological polar surface area (TPSA) is 78.0 Å². The summed E-state index contributed by atoms with van der Waals surface area (Å²) in [5, 5.41) is 0. The number of fused-ring (bicyclic) bond motifs is 2. The monoisotopic (exact) mass is 489 g/mol. The van der Waals surface area contributed by atoms with Crippen LogP contribution in [0, 0.1) is 23.3 Å². The van der Waals surface area contributed by atoms with E-state index in [0.29, 0.717) is 11.3 Å². The highest BCUT2D eigenvalue weighted by Crippen LogP contribution is 2.35. The number of Topliss-reactive ketones (excluding diaryl/α,β-unsaturated/α-hetero) is 2. The third kappa shape index (κ3) is 3.04. The zero-order valence-corrected chi connectivity index (χ0v) is 17.9. The molecule has 0 fully saturated rings. The average Bonchev–Trinajstić information content (AvgIpc) is 3.53. The van der Waals surface area contributed by atoms with Crippen LogP contribution in [-0.2, 0) is 0 Å². The van der Waals surface area contributed by atoms with Crippen LogP contribution < -0.4 is 0 Å². The van der Waals surface area contributed by atoms with Crippen LogP contribution in [0.3, 0.4) is 0 Å². The number of hydrogen-bond donors (Lipinski definition) is 0. The van der Waals surface area contributed by atoms with E-state index in [1.165, 1.54) is 4.57 Å². The fraction of sp³-hybridized carbons (Fsp3) is 0. The van der Waals surface area contributed by atoms with Crippen molar-refractivity contribution in [2.45, 2.75) is 0 Å². The lowest BCUT2D eigenvalue weighted by Crippen LogP contribution is -2.07. The summed E-state index contributed by atoms with van der Waals surface area (Å²) in [5.41, 5.74) is -1.50. The third-order valence-electron chi connectivity index (χ3n) is 5.77. The van der Waals surface area contributed by atoms with Gasteiger partial charge >= 0.3 is 0 Å². The lowest BCUT2D eigenvalue weighted by atomic mass is 10.1. The van der Waals surface area contributed by atoms with E-state index in [1.807, 2.05) is 6.07 Å². The summed E-state index contributed by atoms with van der Waals surface area (Å²) in [6, 6.07) is 17.6. The lowest BCUT2D eigenvalue weighted by molar-refractivity contribution is 0.0988. The summed E-state index contributed by atoms with van der Waals surface area (Å²) >= 11 is 0. The molecule has 36 heavy (non-hydrogen) atoms. The fourth-order valence-corrected chi connectivity index (χ4v) is 4.11. The van der Waals surface area contributed by atoms with Gasteiger partial charge in [-0.15, -0.1) is 0 Å². The smallest absolute Gasteiger partial charge is 0.267 e. The molecule has 10 heteroatoms. The number of carbonyl (C=O) groups excluding carboxylic acids is 2. The van der Waals surface area contributed by atoms with Gasteiger partial charge in [0.05, 0.1) is 16.7 Å². The average molecular weight is 489 g/mol. The van der Waals surface area contributed by atoms with Crippen molar-refractivity contribution in [3.05, 3.63) is 106 Å². The van der Waals surface area contributed by atoms with E-state index in [4.69, 9.17) is 4.42 Å². The lowest BCUT2D eigenvalue weighted by Gasteiger charge is -2.05. The first-order valence-corrected chi connectivity index (χ1v) is 10.5. The Kier molecular flexibility index (Phi) is 4.72. The maximum absolute atomic E-state index is 14.3. The summed E-state index contributed by atoms with van der Waals surface area (Å²) in [7, 11) is 0. The molecule has 2 heterocycles. The Morgan fingerprint density at radius 2 is 1.28 bits per heavy atom. The minimum Gasteiger partial charge on any atom is -0.416 e. The van der Waals surface area contributed by atoms with E-state index in [2.05, 4.69) is 9.97 Å². The Bertz CT molecular complexity index is 1710. The number of benzene rings is 3. The normalized spacial score (nSPS) is 13.1. The quantitative estimate of drug-likeness (QED) is 0.107. The molecule has 1 aliphatic rings. The molecule has 0 amide bonds. The molecule has 6 rings (SSSR count). The first-order valence-electron chi connectivity index (χ1n) is 10.5. The third-order valence-corrected chi connectivity index (χ3v) is 5.77. The number of allylic oxidation sites excluding steroid dienone is 1. The summed E-state index contributed by atoms with van der Waals surface area (Å²) in [4.78, 5) is 34.5. The molecule has 3 aromatic carbocycles. The van der Waals surface area contributed by atoms with Crippen molar-refractivity contribution >= 4 is 29.0 Å². The van der Waals surface area contributed by atoms with Gasteiger partial charge in [0.25, 0.3) is 5.71 Å². The number of nitrogens with zero attached hydrogens (tertiary/aromatic N) is 3. The van der Waals surface area contributed by atoms with Crippen molar-refractivity contribution in [2.75, 3.05) is 0 Å². The van der Waals surface area contributed by atoms with Gasteiger partial charge in [0.1, 0.15) is 5.82 Å². The molecule has 6 nitrogen and oxygen atoms in total. The molecule has 0 saturated carbocycles. The molecule has 0 aliphatic heterocycles. The number of imidazole rings is 1. The minimum atomic E-state index is -2.17. The number of aromatic nitrogens is 3. The standard InChI is InChI=1S/C26H11F4N3O3/c27-18-16-17(19(28)21(30)20(18)29)23(35)14(22(16)34)11-15-31-26-24(33(15)13-9-5-2-6-10-13)32-25(36-26)12-7-3-1-4-8-12/h1-11H. The van der Waals surface area contributed by atoms with Crippen LogP contribution in [-0.4, -0.2) is 26.1 Å². The van der Waals surface area contributed by atoms with Crippen LogP contribution in [0.2, 0.25) is 0 Å². The molecule has 0 radical (unpaired) electrons. The zero-order chi connectivity index (χ0) is 25.1. The van der Waals surface area contributed by atoms with Gasteiger partial charge < -0.3 is 4.42 Å². The summed E-state index contributed by atoms with van der Waals surface area (Å²) in [5.74, 6) is -10.5. The van der Waals surface area contributed by atoms with Crippen molar-refractivity contribution in [2.24, 2.45) is 0 Å². The largest absolute Gasteiger partial charge is 0.416 e. The maximum atomic E-state index is 14.3. The first-order chi connectivity index (χ1) is 17.4. The number of halogens is 4. The predicted molar refractivity (Wildman–Crippen MR) is 119 cm³/mol. The second kappa shape index (κ2) is 7.84. The molecule has 5 aromatic rings. The van der Waals surface area contributed by atoms with Gasteiger partial charge in [-0.2, -0.15) is 9.97 Å². The van der Waals surface area contributed by atoms with E-state index < -0.39 is 51.5 Å². The van der Waals surface area contributed by atoms with Crippen molar-refractivity contribution in [3.63, 3.8) is 0 Å². The summed E-state index contributed by atoms with van der Waals surface area (Å²) < 4.78 is 63.4. The van der Waals surface area contributed by atoms with Gasteiger partial charge in [-0.25, -0.2) is 17.6 Å². The molecule has 0 unspecified atom stereocenters. The van der Waals surface area contributed by atoms with Gasteiger partial charge in [0.2, 0.25) is 23.1 Å². The molecule has 0 N–H and O–H groups in total. The molecule has 0 saturated heterocycles. The van der Waals surface area contributed by atoms with Crippen LogP contribution in [0.15, 0.2) is 70.7 Å². The Morgan fingerprint density at radius 3 is 1.86 bits per heavy atom. The van der Waals surface area contributed by atoms with E-state index in [-0.39, 0.29) is 23.1 Å². The van der Waals surface area contributed by atoms with E-state index >= 15 is 0 Å². The maximum Gasteiger partial charge on any atom is 0.267 e. The minimum absolute atomic E-state index is 0.0201. The van der Waals surface area contributed by atoms with Crippen LogP contribution in [0.25, 0.3) is 34.6 Å². The number of carbonyl (C=O) groups is 2. The van der Waals surface area contributed by atoms with E-state index in [1.54, 1.807) is 54.6 Å². The molecule has 2 aromatic heterocycles. The summed E-state index contributed by atoms with van der Waals surface area (Å²) in [6.07, 6.45) is 0.992. The van der Waals surface area contributed by atoms with Crippen molar-refractivity contribution in [3.8, 4) is 17.1 Å². The molecule has 176 valence electrons. The second-order valence-corrected chi connectivity index (χ2v) is 7.88. The van der Waals surface area contributed by atoms with Crippen LogP contribution in [0.4, 0.5) is 17.6 Å². The van der Waals surface area contributed by atoms with Gasteiger partial charge in [0.15, 0.2) is 23.3 Å². The molecule has 0 spiro atoms. The van der Waals surface area contributed by atoms with Crippen LogP contribution >= 0.6 is 0 Å². The summed E-state index contributed by atoms with van der Waals surface area (Å²) in [6.45, 7) is 0. The molecular weight excluding hydrogens is 478 g/mol. The number of ketones is 2.